The number of amides is 1. The SMILES string of the molecule is COc1csc(C(=O)Nc2cc(F)ccc2C(=O)O)c1. The first-order valence-electron chi connectivity index (χ1n) is 5.48. The molecule has 0 fully saturated rings. The zero-order valence-electron chi connectivity index (χ0n) is 10.3. The first-order valence-corrected chi connectivity index (χ1v) is 6.36. The number of carbonyl (C=O) groups excluding carboxylic acids is 1. The minimum Gasteiger partial charge on any atom is -0.496 e. The van der Waals surface area contributed by atoms with Gasteiger partial charge in [-0.15, -0.1) is 11.3 Å². The number of ether oxygens (including phenoxy) is 1. The van der Waals surface area contributed by atoms with Crippen LogP contribution in [0.25, 0.3) is 0 Å². The molecule has 0 aliphatic rings. The van der Waals surface area contributed by atoms with Gasteiger partial charge in [0, 0.05) is 11.4 Å². The van der Waals surface area contributed by atoms with E-state index < -0.39 is 17.7 Å². The number of nitrogens with one attached hydrogen (secondary N) is 1. The Morgan fingerprint density at radius 3 is 2.70 bits per heavy atom. The standard InChI is InChI=1S/C13H10FNO4S/c1-19-8-5-11(20-6-8)12(16)15-10-4-7(14)2-3-9(10)13(17)18/h2-6H,1H3,(H,15,16)(H,17,18). The molecule has 0 radical (unpaired) electrons. The van der Waals surface area contributed by atoms with Crippen LogP contribution >= 0.6 is 11.3 Å². The van der Waals surface area contributed by atoms with Crippen LogP contribution in [0.2, 0.25) is 0 Å². The molecule has 20 heavy (non-hydrogen) atoms. The molecule has 1 amide bonds. The van der Waals surface area contributed by atoms with Crippen LogP contribution in [0.15, 0.2) is 29.6 Å². The monoisotopic (exact) mass is 295 g/mol. The molecule has 1 aromatic carbocycles. The van der Waals surface area contributed by atoms with Crippen LogP contribution in [-0.4, -0.2) is 24.1 Å². The van der Waals surface area contributed by atoms with Crippen LogP contribution < -0.4 is 10.1 Å². The van der Waals surface area contributed by atoms with Gasteiger partial charge in [-0.05, 0) is 18.2 Å². The minimum atomic E-state index is -1.25. The van der Waals surface area contributed by atoms with Crippen LogP contribution in [0.4, 0.5) is 10.1 Å². The van der Waals surface area contributed by atoms with Gasteiger partial charge in [-0.3, -0.25) is 4.79 Å². The van der Waals surface area contributed by atoms with Crippen molar-refractivity contribution < 1.29 is 23.8 Å². The highest BCUT2D eigenvalue weighted by Gasteiger charge is 2.16. The molecule has 1 heterocycles. The Kier molecular flexibility index (Phi) is 3.99. The summed E-state index contributed by atoms with van der Waals surface area (Å²) in [5.41, 5.74) is -0.266. The minimum absolute atomic E-state index is 0.0881. The third kappa shape index (κ3) is 2.94. The highest BCUT2D eigenvalue weighted by atomic mass is 32.1. The summed E-state index contributed by atoms with van der Waals surface area (Å²) in [6.45, 7) is 0. The van der Waals surface area contributed by atoms with Crippen molar-refractivity contribution >= 4 is 28.9 Å². The summed E-state index contributed by atoms with van der Waals surface area (Å²) in [5, 5.41) is 13.0. The van der Waals surface area contributed by atoms with Crippen LogP contribution in [0, 0.1) is 5.82 Å². The van der Waals surface area contributed by atoms with Crippen molar-refractivity contribution in [2.75, 3.05) is 12.4 Å². The first kappa shape index (κ1) is 14.0. The molecule has 2 N–H and O–H groups in total. The van der Waals surface area contributed by atoms with E-state index in [-0.39, 0.29) is 11.3 Å². The molecule has 0 bridgehead atoms. The topological polar surface area (TPSA) is 75.6 Å². The average Bonchev–Trinajstić information content (AvgIpc) is 2.87. The van der Waals surface area contributed by atoms with Gasteiger partial charge in [0.1, 0.15) is 11.6 Å². The Morgan fingerprint density at radius 1 is 1.35 bits per heavy atom. The third-order valence-corrected chi connectivity index (χ3v) is 3.40. The van der Waals surface area contributed by atoms with Crippen LogP contribution in [0.1, 0.15) is 20.0 Å². The van der Waals surface area contributed by atoms with Gasteiger partial charge >= 0.3 is 5.97 Å². The summed E-state index contributed by atoms with van der Waals surface area (Å²) in [4.78, 5) is 23.3. The molecular formula is C13H10FNO4S. The van der Waals surface area contributed by atoms with E-state index in [0.717, 1.165) is 29.5 Å². The lowest BCUT2D eigenvalue weighted by Gasteiger charge is -2.07. The second kappa shape index (κ2) is 5.70. The normalized spacial score (nSPS) is 10.1. The predicted molar refractivity (Wildman–Crippen MR) is 72.2 cm³/mol. The maximum atomic E-state index is 13.2. The summed E-state index contributed by atoms with van der Waals surface area (Å²) in [6, 6.07) is 4.60. The summed E-state index contributed by atoms with van der Waals surface area (Å²) >= 11 is 1.14. The van der Waals surface area contributed by atoms with E-state index in [9.17, 15) is 14.0 Å². The van der Waals surface area contributed by atoms with E-state index >= 15 is 0 Å². The molecule has 7 heteroatoms. The summed E-state index contributed by atoms with van der Waals surface area (Å²) in [6.07, 6.45) is 0. The summed E-state index contributed by atoms with van der Waals surface area (Å²) in [7, 11) is 1.47. The fraction of sp³-hybridized carbons (Fsp3) is 0.0769. The first-order chi connectivity index (χ1) is 9.51. The van der Waals surface area contributed by atoms with E-state index in [0.29, 0.717) is 10.6 Å². The molecule has 0 saturated heterocycles. The van der Waals surface area contributed by atoms with Gasteiger partial charge in [0.2, 0.25) is 0 Å². The van der Waals surface area contributed by atoms with Gasteiger partial charge in [0.15, 0.2) is 0 Å². The summed E-state index contributed by atoms with van der Waals surface area (Å²) < 4.78 is 18.1. The number of thiophene rings is 1. The van der Waals surface area contributed by atoms with Crippen molar-refractivity contribution in [3.8, 4) is 5.75 Å². The fourth-order valence-corrected chi connectivity index (χ4v) is 2.28. The third-order valence-electron chi connectivity index (χ3n) is 2.50. The van der Waals surface area contributed by atoms with Gasteiger partial charge in [-0.1, -0.05) is 0 Å². The van der Waals surface area contributed by atoms with E-state index in [2.05, 4.69) is 5.32 Å². The van der Waals surface area contributed by atoms with E-state index in [1.165, 1.54) is 13.2 Å². The van der Waals surface area contributed by atoms with Crippen LogP contribution in [0.5, 0.6) is 5.75 Å². The van der Waals surface area contributed by atoms with Gasteiger partial charge in [0.05, 0.1) is 23.2 Å². The molecule has 2 aromatic rings. The quantitative estimate of drug-likeness (QED) is 0.909. The molecule has 5 nitrogen and oxygen atoms in total. The van der Waals surface area contributed by atoms with Gasteiger partial charge < -0.3 is 15.2 Å². The van der Waals surface area contributed by atoms with Crippen molar-refractivity contribution in [1.29, 1.82) is 0 Å². The second-order valence-corrected chi connectivity index (χ2v) is 4.71. The maximum absolute atomic E-state index is 13.2. The highest BCUT2D eigenvalue weighted by Crippen LogP contribution is 2.23. The molecule has 0 spiro atoms. The lowest BCUT2D eigenvalue weighted by Crippen LogP contribution is -2.13. The molecule has 0 aliphatic carbocycles. The summed E-state index contributed by atoms with van der Waals surface area (Å²) in [5.74, 6) is -1.87. The Balaban J connectivity index is 2.27. The molecule has 1 aromatic heterocycles. The molecule has 0 aliphatic heterocycles. The largest absolute Gasteiger partial charge is 0.496 e. The zero-order chi connectivity index (χ0) is 14.7. The van der Waals surface area contributed by atoms with Crippen molar-refractivity contribution in [1.82, 2.24) is 0 Å². The lowest BCUT2D eigenvalue weighted by molar-refractivity contribution is 0.0698. The average molecular weight is 295 g/mol. The number of anilines is 1. The van der Waals surface area contributed by atoms with Crippen LogP contribution in [0.3, 0.4) is 0 Å². The number of halogens is 1. The number of carboxylic acid groups (broad SMARTS) is 1. The van der Waals surface area contributed by atoms with Gasteiger partial charge in [-0.2, -0.15) is 0 Å². The van der Waals surface area contributed by atoms with E-state index in [1.807, 2.05) is 0 Å². The predicted octanol–water partition coefficient (Wildman–Crippen LogP) is 2.85. The number of hydrogen-bond donors (Lipinski definition) is 2. The highest BCUT2D eigenvalue weighted by molar-refractivity contribution is 7.12. The Bertz CT molecular complexity index is 668. The number of rotatable bonds is 4. The maximum Gasteiger partial charge on any atom is 0.337 e. The molecule has 0 saturated carbocycles. The van der Waals surface area contributed by atoms with Crippen molar-refractivity contribution in [2.24, 2.45) is 0 Å². The van der Waals surface area contributed by atoms with E-state index in [1.54, 1.807) is 5.38 Å². The van der Waals surface area contributed by atoms with Gasteiger partial charge in [-0.25, -0.2) is 9.18 Å². The number of methoxy groups -OCH3 is 1. The fourth-order valence-electron chi connectivity index (χ4n) is 1.54. The molecular weight excluding hydrogens is 285 g/mol. The zero-order valence-corrected chi connectivity index (χ0v) is 11.2. The Morgan fingerprint density at radius 2 is 2.10 bits per heavy atom. The van der Waals surface area contributed by atoms with Crippen molar-refractivity contribution in [3.63, 3.8) is 0 Å². The van der Waals surface area contributed by atoms with Crippen molar-refractivity contribution in [2.45, 2.75) is 0 Å². The molecule has 0 unspecified atom stereocenters. The van der Waals surface area contributed by atoms with Crippen molar-refractivity contribution in [3.05, 3.63) is 45.9 Å². The van der Waals surface area contributed by atoms with E-state index in [4.69, 9.17) is 9.84 Å². The second-order valence-electron chi connectivity index (χ2n) is 3.80. The molecule has 104 valence electrons. The number of aromatic carboxylic acids is 1. The number of hydrogen-bond acceptors (Lipinski definition) is 4. The molecule has 0 atom stereocenters. The van der Waals surface area contributed by atoms with Gasteiger partial charge in [0.25, 0.3) is 5.91 Å². The molecule has 2 rings (SSSR count). The number of carbonyl (C=O) groups is 2. The number of carboxylic acids is 1. The number of benzene rings is 1. The Hall–Kier alpha value is -2.41. The lowest BCUT2D eigenvalue weighted by atomic mass is 10.1. The smallest absolute Gasteiger partial charge is 0.337 e. The Labute approximate surface area is 117 Å². The van der Waals surface area contributed by atoms with Crippen LogP contribution in [-0.2, 0) is 0 Å².